The summed E-state index contributed by atoms with van der Waals surface area (Å²) in [6.07, 6.45) is 0.334. The maximum atomic E-state index is 14.2. The summed E-state index contributed by atoms with van der Waals surface area (Å²) >= 11 is 3.39. The van der Waals surface area contributed by atoms with Gasteiger partial charge in [-0.2, -0.15) is 0 Å². The fourth-order valence-corrected chi connectivity index (χ4v) is 5.99. The summed E-state index contributed by atoms with van der Waals surface area (Å²) in [5.74, 6) is -0.212. The van der Waals surface area contributed by atoms with Gasteiger partial charge in [-0.05, 0) is 88.2 Å². The van der Waals surface area contributed by atoms with Gasteiger partial charge in [-0.1, -0.05) is 52.7 Å². The molecule has 1 atom stereocenters. The summed E-state index contributed by atoms with van der Waals surface area (Å²) in [7, 11) is -2.57. The number of benzene rings is 3. The molecule has 0 aliphatic carbocycles. The minimum atomic E-state index is -4.13. The highest BCUT2D eigenvalue weighted by molar-refractivity contribution is 9.10. The molecule has 3 rings (SSSR count). The van der Waals surface area contributed by atoms with Crippen molar-refractivity contribution in [1.82, 2.24) is 10.2 Å². The normalized spacial score (nSPS) is 12.4. The van der Waals surface area contributed by atoms with Gasteiger partial charge in [0.2, 0.25) is 11.8 Å². The first-order chi connectivity index (χ1) is 19.2. The van der Waals surface area contributed by atoms with Crippen LogP contribution in [0.5, 0.6) is 5.75 Å². The Hall–Kier alpha value is -3.37. The minimum absolute atomic E-state index is 0.0654. The molecule has 220 valence electrons. The first kappa shape index (κ1) is 32.1. The average molecular weight is 645 g/mol. The van der Waals surface area contributed by atoms with Gasteiger partial charge in [-0.25, -0.2) is 8.42 Å². The molecule has 0 aliphatic heterocycles. The van der Waals surface area contributed by atoms with Crippen molar-refractivity contribution >= 4 is 43.5 Å². The molecule has 0 radical (unpaired) electrons. The third-order valence-corrected chi connectivity index (χ3v) is 8.69. The zero-order valence-corrected chi connectivity index (χ0v) is 26.8. The lowest BCUT2D eigenvalue weighted by molar-refractivity contribution is -0.141. The van der Waals surface area contributed by atoms with Crippen molar-refractivity contribution in [3.63, 3.8) is 0 Å². The van der Waals surface area contributed by atoms with E-state index in [1.54, 1.807) is 55.6 Å². The summed E-state index contributed by atoms with van der Waals surface area (Å²) in [6, 6.07) is 19.6. The first-order valence-electron chi connectivity index (χ1n) is 13.3. The van der Waals surface area contributed by atoms with Crippen molar-refractivity contribution in [2.24, 2.45) is 0 Å². The number of rotatable bonds is 11. The molecule has 3 aromatic carbocycles. The number of amides is 2. The topological polar surface area (TPSA) is 96.0 Å². The maximum absolute atomic E-state index is 14.2. The van der Waals surface area contributed by atoms with Crippen molar-refractivity contribution in [1.29, 1.82) is 0 Å². The van der Waals surface area contributed by atoms with Gasteiger partial charge in [-0.15, -0.1) is 0 Å². The Labute approximate surface area is 251 Å². The van der Waals surface area contributed by atoms with Crippen LogP contribution in [0.1, 0.15) is 45.2 Å². The van der Waals surface area contributed by atoms with Gasteiger partial charge in [-0.3, -0.25) is 13.9 Å². The van der Waals surface area contributed by atoms with Crippen molar-refractivity contribution < 1.29 is 22.7 Å². The molecule has 3 aromatic rings. The third kappa shape index (κ3) is 8.56. The number of aryl methyl sites for hydroxylation is 1. The second kappa shape index (κ2) is 13.5. The van der Waals surface area contributed by atoms with Gasteiger partial charge in [0.05, 0.1) is 17.7 Å². The predicted molar refractivity (Wildman–Crippen MR) is 165 cm³/mol. The summed E-state index contributed by atoms with van der Waals surface area (Å²) < 4.78 is 35.1. The summed E-state index contributed by atoms with van der Waals surface area (Å²) in [6.45, 7) is 8.90. The highest BCUT2D eigenvalue weighted by Crippen LogP contribution is 2.27. The van der Waals surface area contributed by atoms with Crippen LogP contribution in [0, 0.1) is 6.92 Å². The van der Waals surface area contributed by atoms with Gasteiger partial charge in [0.15, 0.2) is 0 Å². The average Bonchev–Trinajstić information content (AvgIpc) is 2.91. The van der Waals surface area contributed by atoms with Crippen LogP contribution >= 0.6 is 15.9 Å². The molecule has 0 aliphatic rings. The Kier molecular flexibility index (Phi) is 10.6. The van der Waals surface area contributed by atoms with Gasteiger partial charge in [0, 0.05) is 16.6 Å². The van der Waals surface area contributed by atoms with E-state index in [0.717, 1.165) is 19.9 Å². The standard InChI is InChI=1S/C31H38BrN3O5S/c1-7-28(30(37)33-31(3,4)5)34(20-23-9-8-10-26(19-23)40-6)29(36)21-35(25-15-13-24(32)14-16-25)41(38,39)27-17-11-22(2)12-18-27/h8-19,28H,7,20-21H2,1-6H3,(H,33,37). The fourth-order valence-electron chi connectivity index (χ4n) is 4.31. The van der Waals surface area contributed by atoms with Gasteiger partial charge >= 0.3 is 0 Å². The molecule has 1 N–H and O–H groups in total. The molecule has 0 saturated carbocycles. The Morgan fingerprint density at radius 3 is 2.20 bits per heavy atom. The minimum Gasteiger partial charge on any atom is -0.497 e. The summed E-state index contributed by atoms with van der Waals surface area (Å²) in [5.41, 5.74) is 1.47. The molecular formula is C31H38BrN3O5S. The molecule has 0 fully saturated rings. The third-order valence-electron chi connectivity index (χ3n) is 6.37. The van der Waals surface area contributed by atoms with E-state index in [1.807, 2.05) is 46.8 Å². The van der Waals surface area contributed by atoms with Crippen molar-refractivity contribution in [2.45, 2.75) is 64.1 Å². The second-order valence-corrected chi connectivity index (χ2v) is 13.6. The number of anilines is 1. The smallest absolute Gasteiger partial charge is 0.264 e. The van der Waals surface area contributed by atoms with Gasteiger partial charge in [0.25, 0.3) is 10.0 Å². The number of methoxy groups -OCH3 is 1. The van der Waals surface area contributed by atoms with Crippen LogP contribution in [-0.2, 0) is 26.2 Å². The van der Waals surface area contributed by atoms with Gasteiger partial charge in [0.1, 0.15) is 18.3 Å². The Bertz CT molecular complexity index is 1450. The highest BCUT2D eigenvalue weighted by Gasteiger charge is 2.34. The largest absolute Gasteiger partial charge is 0.497 e. The summed E-state index contributed by atoms with van der Waals surface area (Å²) in [4.78, 5) is 29.1. The molecule has 0 spiro atoms. The van der Waals surface area contributed by atoms with E-state index in [2.05, 4.69) is 21.2 Å². The molecule has 2 amide bonds. The molecule has 1 unspecified atom stereocenters. The Morgan fingerprint density at radius 2 is 1.63 bits per heavy atom. The van der Waals surface area contributed by atoms with E-state index in [-0.39, 0.29) is 17.3 Å². The van der Waals surface area contributed by atoms with Crippen molar-refractivity contribution in [3.05, 3.63) is 88.4 Å². The van der Waals surface area contributed by atoms with Crippen molar-refractivity contribution in [2.75, 3.05) is 18.0 Å². The van der Waals surface area contributed by atoms with Crippen LogP contribution < -0.4 is 14.4 Å². The molecule has 41 heavy (non-hydrogen) atoms. The second-order valence-electron chi connectivity index (χ2n) is 10.8. The van der Waals surface area contributed by atoms with E-state index >= 15 is 0 Å². The zero-order chi connectivity index (χ0) is 30.4. The zero-order valence-electron chi connectivity index (χ0n) is 24.3. The number of hydrogen-bond acceptors (Lipinski definition) is 5. The number of nitrogens with one attached hydrogen (secondary N) is 1. The first-order valence-corrected chi connectivity index (χ1v) is 15.6. The van der Waals surface area contributed by atoms with Crippen LogP contribution in [0.2, 0.25) is 0 Å². The van der Waals surface area contributed by atoms with Gasteiger partial charge < -0.3 is 15.0 Å². The van der Waals surface area contributed by atoms with E-state index in [1.165, 1.54) is 17.0 Å². The van der Waals surface area contributed by atoms with E-state index in [9.17, 15) is 18.0 Å². The molecule has 0 heterocycles. The predicted octanol–water partition coefficient (Wildman–Crippen LogP) is 5.68. The Balaban J connectivity index is 2.07. The lowest BCUT2D eigenvalue weighted by Gasteiger charge is -2.34. The van der Waals surface area contributed by atoms with E-state index in [0.29, 0.717) is 17.9 Å². The number of hydrogen-bond donors (Lipinski definition) is 1. The SMILES string of the molecule is CCC(C(=O)NC(C)(C)C)N(Cc1cccc(OC)c1)C(=O)CN(c1ccc(Br)cc1)S(=O)(=O)c1ccc(C)cc1. The quantitative estimate of drug-likeness (QED) is 0.290. The summed E-state index contributed by atoms with van der Waals surface area (Å²) in [5, 5.41) is 2.97. The molecule has 8 nitrogen and oxygen atoms in total. The van der Waals surface area contributed by atoms with Crippen LogP contribution in [0.25, 0.3) is 0 Å². The van der Waals surface area contributed by atoms with Crippen LogP contribution in [0.3, 0.4) is 0 Å². The fraction of sp³-hybridized carbons (Fsp3) is 0.355. The monoisotopic (exact) mass is 643 g/mol. The number of sulfonamides is 1. The van der Waals surface area contributed by atoms with E-state index in [4.69, 9.17) is 4.74 Å². The maximum Gasteiger partial charge on any atom is 0.264 e. The van der Waals surface area contributed by atoms with E-state index < -0.39 is 34.1 Å². The van der Waals surface area contributed by atoms with Crippen LogP contribution in [-0.4, -0.2) is 50.4 Å². The van der Waals surface area contributed by atoms with Crippen LogP contribution in [0.4, 0.5) is 5.69 Å². The number of carbonyl (C=O) groups is 2. The number of ether oxygens (including phenoxy) is 1. The number of carbonyl (C=O) groups excluding carboxylic acids is 2. The Morgan fingerprint density at radius 1 is 1.00 bits per heavy atom. The molecule has 0 bridgehead atoms. The number of halogens is 1. The van der Waals surface area contributed by atoms with Crippen LogP contribution in [0.15, 0.2) is 82.2 Å². The van der Waals surface area contributed by atoms with Crippen molar-refractivity contribution in [3.8, 4) is 5.75 Å². The highest BCUT2D eigenvalue weighted by atomic mass is 79.9. The molecule has 0 aromatic heterocycles. The lowest BCUT2D eigenvalue weighted by atomic mass is 10.1. The molecule has 10 heteroatoms. The lowest BCUT2D eigenvalue weighted by Crippen LogP contribution is -2.55. The number of nitrogens with zero attached hydrogens (tertiary/aromatic N) is 2. The molecular weight excluding hydrogens is 606 g/mol. The molecule has 0 saturated heterocycles.